The van der Waals surface area contributed by atoms with Crippen LogP contribution in [0.15, 0.2) is 11.6 Å². The van der Waals surface area contributed by atoms with Gasteiger partial charge in [0.2, 0.25) is 0 Å². The SMILES string of the molecule is COC(=O)C1(C(C)C)CCC(=O)C=C1C. The van der Waals surface area contributed by atoms with Crippen LogP contribution in [-0.2, 0) is 14.3 Å². The highest BCUT2D eigenvalue weighted by molar-refractivity contribution is 5.95. The van der Waals surface area contributed by atoms with E-state index in [0.29, 0.717) is 12.8 Å². The molecular weight excluding hydrogens is 192 g/mol. The molecule has 1 atom stereocenters. The summed E-state index contributed by atoms with van der Waals surface area (Å²) in [6.45, 7) is 5.82. The lowest BCUT2D eigenvalue weighted by Gasteiger charge is -2.37. The van der Waals surface area contributed by atoms with Crippen LogP contribution >= 0.6 is 0 Å². The number of hydrogen-bond donors (Lipinski definition) is 0. The summed E-state index contributed by atoms with van der Waals surface area (Å²) in [6.07, 6.45) is 2.59. The second kappa shape index (κ2) is 4.17. The standard InChI is InChI=1S/C12H18O3/c1-8(2)12(11(14)15-4)6-5-10(13)7-9(12)3/h7-8H,5-6H2,1-4H3. The molecule has 15 heavy (non-hydrogen) atoms. The zero-order valence-electron chi connectivity index (χ0n) is 9.79. The molecule has 0 N–H and O–H groups in total. The maximum absolute atomic E-state index is 11.9. The highest BCUT2D eigenvalue weighted by Crippen LogP contribution is 2.43. The average molecular weight is 210 g/mol. The molecule has 84 valence electrons. The Hall–Kier alpha value is -1.12. The predicted octanol–water partition coefficient (Wildman–Crippen LogP) is 2.11. The van der Waals surface area contributed by atoms with Gasteiger partial charge in [0, 0.05) is 6.42 Å². The fourth-order valence-electron chi connectivity index (χ4n) is 2.38. The van der Waals surface area contributed by atoms with Crippen LogP contribution in [0.5, 0.6) is 0 Å². The van der Waals surface area contributed by atoms with Gasteiger partial charge in [-0.1, -0.05) is 19.4 Å². The smallest absolute Gasteiger partial charge is 0.316 e. The number of ether oxygens (including phenoxy) is 1. The van der Waals surface area contributed by atoms with Crippen molar-refractivity contribution in [2.24, 2.45) is 11.3 Å². The Morgan fingerprint density at radius 1 is 1.53 bits per heavy atom. The number of ketones is 1. The quantitative estimate of drug-likeness (QED) is 0.656. The first-order valence-corrected chi connectivity index (χ1v) is 5.25. The Labute approximate surface area is 90.5 Å². The van der Waals surface area contributed by atoms with Gasteiger partial charge in [0.25, 0.3) is 0 Å². The lowest BCUT2D eigenvalue weighted by atomic mass is 9.66. The summed E-state index contributed by atoms with van der Waals surface area (Å²) in [4.78, 5) is 23.1. The summed E-state index contributed by atoms with van der Waals surface area (Å²) in [5.74, 6) is 0.0285. The van der Waals surface area contributed by atoms with E-state index in [4.69, 9.17) is 4.74 Å². The summed E-state index contributed by atoms with van der Waals surface area (Å²) in [7, 11) is 1.40. The molecule has 0 saturated carbocycles. The highest BCUT2D eigenvalue weighted by Gasteiger charge is 2.46. The van der Waals surface area contributed by atoms with Crippen molar-refractivity contribution in [2.45, 2.75) is 33.6 Å². The highest BCUT2D eigenvalue weighted by atomic mass is 16.5. The lowest BCUT2D eigenvalue weighted by molar-refractivity contribution is -0.154. The van der Waals surface area contributed by atoms with Crippen molar-refractivity contribution in [1.82, 2.24) is 0 Å². The minimum atomic E-state index is -0.595. The van der Waals surface area contributed by atoms with Crippen LogP contribution in [0.25, 0.3) is 0 Å². The van der Waals surface area contributed by atoms with E-state index >= 15 is 0 Å². The number of methoxy groups -OCH3 is 1. The first kappa shape index (κ1) is 12.0. The third-order valence-corrected chi connectivity index (χ3v) is 3.38. The number of hydrogen-bond acceptors (Lipinski definition) is 3. The molecule has 3 heteroatoms. The van der Waals surface area contributed by atoms with Crippen LogP contribution in [0.1, 0.15) is 33.6 Å². The Morgan fingerprint density at radius 3 is 2.53 bits per heavy atom. The second-order valence-electron chi connectivity index (χ2n) is 4.41. The summed E-state index contributed by atoms with van der Waals surface area (Å²) in [5.41, 5.74) is 0.239. The van der Waals surface area contributed by atoms with E-state index in [2.05, 4.69) is 0 Å². The van der Waals surface area contributed by atoms with E-state index in [0.717, 1.165) is 5.57 Å². The fraction of sp³-hybridized carbons (Fsp3) is 0.667. The van der Waals surface area contributed by atoms with Crippen molar-refractivity contribution in [1.29, 1.82) is 0 Å². The van der Waals surface area contributed by atoms with Gasteiger partial charge in [-0.3, -0.25) is 9.59 Å². The Bertz CT molecular complexity index is 315. The van der Waals surface area contributed by atoms with Crippen LogP contribution in [0.3, 0.4) is 0 Å². The second-order valence-corrected chi connectivity index (χ2v) is 4.41. The maximum Gasteiger partial charge on any atom is 0.316 e. The van der Waals surface area contributed by atoms with E-state index in [1.54, 1.807) is 6.08 Å². The molecule has 0 aromatic rings. The van der Waals surface area contributed by atoms with Gasteiger partial charge in [-0.05, 0) is 25.3 Å². The monoisotopic (exact) mass is 210 g/mol. The molecule has 0 amide bonds. The summed E-state index contributed by atoms with van der Waals surface area (Å²) in [6, 6.07) is 0. The fourth-order valence-corrected chi connectivity index (χ4v) is 2.38. The van der Waals surface area contributed by atoms with Gasteiger partial charge in [0.1, 0.15) is 0 Å². The Balaban J connectivity index is 3.18. The van der Waals surface area contributed by atoms with Gasteiger partial charge >= 0.3 is 5.97 Å². The maximum atomic E-state index is 11.9. The molecule has 1 rings (SSSR count). The molecule has 0 aromatic carbocycles. The van der Waals surface area contributed by atoms with Crippen molar-refractivity contribution < 1.29 is 14.3 Å². The van der Waals surface area contributed by atoms with Gasteiger partial charge in [0.15, 0.2) is 5.78 Å². The van der Waals surface area contributed by atoms with Crippen LogP contribution < -0.4 is 0 Å². The minimum absolute atomic E-state index is 0.104. The molecule has 0 radical (unpaired) electrons. The van der Waals surface area contributed by atoms with Crippen LogP contribution in [0.4, 0.5) is 0 Å². The van der Waals surface area contributed by atoms with Gasteiger partial charge in [-0.25, -0.2) is 0 Å². The number of carbonyl (C=O) groups excluding carboxylic acids is 2. The average Bonchev–Trinajstić information content (AvgIpc) is 2.16. The molecular formula is C12H18O3. The van der Waals surface area contributed by atoms with Crippen LogP contribution in [0, 0.1) is 11.3 Å². The Morgan fingerprint density at radius 2 is 2.13 bits per heavy atom. The molecule has 0 aromatic heterocycles. The number of esters is 1. The van der Waals surface area contributed by atoms with Crippen LogP contribution in [-0.4, -0.2) is 18.9 Å². The molecule has 0 spiro atoms. The summed E-state index contributed by atoms with van der Waals surface area (Å²) >= 11 is 0. The molecule has 0 aliphatic heterocycles. The molecule has 0 saturated heterocycles. The predicted molar refractivity (Wildman–Crippen MR) is 57.3 cm³/mol. The van der Waals surface area contributed by atoms with Gasteiger partial charge in [0.05, 0.1) is 12.5 Å². The van der Waals surface area contributed by atoms with E-state index in [-0.39, 0.29) is 17.7 Å². The largest absolute Gasteiger partial charge is 0.468 e. The molecule has 0 fully saturated rings. The minimum Gasteiger partial charge on any atom is -0.468 e. The van der Waals surface area contributed by atoms with Crippen molar-refractivity contribution in [3.05, 3.63) is 11.6 Å². The number of rotatable bonds is 2. The van der Waals surface area contributed by atoms with E-state index < -0.39 is 5.41 Å². The third-order valence-electron chi connectivity index (χ3n) is 3.38. The van der Waals surface area contributed by atoms with Crippen molar-refractivity contribution in [3.63, 3.8) is 0 Å². The normalized spacial score (nSPS) is 26.5. The third kappa shape index (κ3) is 1.83. The molecule has 0 bridgehead atoms. The van der Waals surface area contributed by atoms with Crippen LogP contribution in [0.2, 0.25) is 0 Å². The first-order valence-electron chi connectivity index (χ1n) is 5.25. The molecule has 0 heterocycles. The molecule has 1 aliphatic rings. The zero-order valence-corrected chi connectivity index (χ0v) is 9.79. The molecule has 3 nitrogen and oxygen atoms in total. The van der Waals surface area contributed by atoms with Crippen molar-refractivity contribution in [3.8, 4) is 0 Å². The van der Waals surface area contributed by atoms with E-state index in [1.165, 1.54) is 7.11 Å². The molecule has 1 unspecified atom stereocenters. The van der Waals surface area contributed by atoms with E-state index in [9.17, 15) is 9.59 Å². The summed E-state index contributed by atoms with van der Waals surface area (Å²) < 4.78 is 4.87. The Kier molecular flexibility index (Phi) is 3.32. The van der Waals surface area contributed by atoms with Crippen molar-refractivity contribution >= 4 is 11.8 Å². The first-order chi connectivity index (χ1) is 6.95. The van der Waals surface area contributed by atoms with E-state index in [1.807, 2.05) is 20.8 Å². The topological polar surface area (TPSA) is 43.4 Å². The summed E-state index contributed by atoms with van der Waals surface area (Å²) in [5, 5.41) is 0. The number of allylic oxidation sites excluding steroid dienone is 1. The number of carbonyl (C=O) groups is 2. The zero-order chi connectivity index (χ0) is 11.6. The van der Waals surface area contributed by atoms with Gasteiger partial charge in [-0.15, -0.1) is 0 Å². The molecule has 1 aliphatic carbocycles. The van der Waals surface area contributed by atoms with Crippen molar-refractivity contribution in [2.75, 3.05) is 7.11 Å². The van der Waals surface area contributed by atoms with Gasteiger partial charge in [-0.2, -0.15) is 0 Å². The van der Waals surface area contributed by atoms with Gasteiger partial charge < -0.3 is 4.74 Å². The lowest BCUT2D eigenvalue weighted by Crippen LogP contribution is -2.41.